The molecule has 0 aliphatic heterocycles. The normalized spacial score (nSPS) is 17.2. The van der Waals surface area contributed by atoms with Crippen molar-refractivity contribution in [3.8, 4) is 5.75 Å². The van der Waals surface area contributed by atoms with Crippen molar-refractivity contribution in [3.63, 3.8) is 0 Å². The number of fused-ring (bicyclic) bond motifs is 1. The number of amides is 1. The molecule has 2 fully saturated rings. The van der Waals surface area contributed by atoms with Gasteiger partial charge in [0.1, 0.15) is 22.0 Å². The molecule has 2 aromatic carbocycles. The van der Waals surface area contributed by atoms with E-state index in [2.05, 4.69) is 25.5 Å². The average molecular weight is 470 g/mol. The second-order valence-electron chi connectivity index (χ2n) is 10.2. The Balaban J connectivity index is 1.40. The first-order chi connectivity index (χ1) is 15.7. The molecule has 1 aromatic heterocycles. The molecule has 174 valence electrons. The van der Waals surface area contributed by atoms with Crippen LogP contribution in [0, 0.1) is 11.7 Å². The van der Waals surface area contributed by atoms with Crippen LogP contribution in [0.25, 0.3) is 11.0 Å². The molecule has 1 amide bonds. The van der Waals surface area contributed by atoms with E-state index >= 15 is 0 Å². The van der Waals surface area contributed by atoms with E-state index < -0.39 is 22.7 Å². The van der Waals surface area contributed by atoms with E-state index in [0.717, 1.165) is 36.8 Å². The minimum Gasteiger partial charge on any atom is -0.492 e. The highest BCUT2D eigenvalue weighted by Gasteiger charge is 2.27. The predicted molar refractivity (Wildman–Crippen MR) is 125 cm³/mol. The Morgan fingerprint density at radius 3 is 2.58 bits per heavy atom. The number of benzene rings is 2. The van der Waals surface area contributed by atoms with Gasteiger partial charge in [0.05, 0.1) is 12.0 Å². The van der Waals surface area contributed by atoms with Gasteiger partial charge in [-0.15, -0.1) is 0 Å². The maximum absolute atomic E-state index is 14.5. The molecular weight excluding hydrogens is 441 g/mol. The van der Waals surface area contributed by atoms with Gasteiger partial charge in [-0.1, -0.05) is 26.8 Å². The minimum atomic E-state index is -1.87. The van der Waals surface area contributed by atoms with Gasteiger partial charge in [0.2, 0.25) is 0 Å². The molecule has 0 spiro atoms. The zero-order chi connectivity index (χ0) is 23.3. The molecule has 1 atom stereocenters. The highest BCUT2D eigenvalue weighted by molar-refractivity contribution is 7.83. The first-order valence-corrected chi connectivity index (χ1v) is 12.6. The summed E-state index contributed by atoms with van der Waals surface area (Å²) in [5.74, 6) is 0.256. The molecule has 2 saturated carbocycles. The zero-order valence-corrected chi connectivity index (χ0v) is 19.9. The fraction of sp³-hybridized carbons (Fsp3) is 0.423. The van der Waals surface area contributed by atoms with E-state index in [0.29, 0.717) is 34.7 Å². The molecule has 33 heavy (non-hydrogen) atoms. The molecule has 2 aliphatic carbocycles. The Hall–Kier alpha value is -2.67. The van der Waals surface area contributed by atoms with Crippen molar-refractivity contribution in [2.24, 2.45) is 5.92 Å². The van der Waals surface area contributed by atoms with Gasteiger partial charge in [-0.2, -0.15) is 0 Å². The van der Waals surface area contributed by atoms with Crippen molar-refractivity contribution in [1.29, 1.82) is 0 Å². The SMILES string of the molecule is CC(C)(C)c1ccc(OCC2CC2)c(S(=O)NC(=O)c2cc3c(F)cc(C4CC4)cc3o2)c1. The number of hydrogen-bond acceptors (Lipinski definition) is 4. The maximum Gasteiger partial charge on any atom is 0.298 e. The molecule has 5 nitrogen and oxygen atoms in total. The first-order valence-electron chi connectivity index (χ1n) is 11.4. The quantitative estimate of drug-likeness (QED) is 0.462. The number of furan rings is 1. The Morgan fingerprint density at radius 2 is 1.91 bits per heavy atom. The van der Waals surface area contributed by atoms with E-state index in [1.165, 1.54) is 12.1 Å². The lowest BCUT2D eigenvalue weighted by Crippen LogP contribution is -2.26. The van der Waals surface area contributed by atoms with Crippen LogP contribution in [0.5, 0.6) is 5.75 Å². The standard InChI is InChI=1S/C26H28FNO4S/c1-26(2,3)18-8-9-21(31-14-15-4-5-15)24(12-18)33(30)28-25(29)23-13-19-20(27)10-17(16-6-7-16)11-22(19)32-23/h8-13,15-16H,4-7,14H2,1-3H3,(H,28,29). The highest BCUT2D eigenvalue weighted by Crippen LogP contribution is 2.42. The summed E-state index contributed by atoms with van der Waals surface area (Å²) in [5, 5.41) is 0.249. The largest absolute Gasteiger partial charge is 0.492 e. The van der Waals surface area contributed by atoms with Crippen LogP contribution in [0.1, 0.15) is 74.1 Å². The van der Waals surface area contributed by atoms with Crippen molar-refractivity contribution in [2.45, 2.75) is 62.7 Å². The van der Waals surface area contributed by atoms with Crippen LogP contribution >= 0.6 is 0 Å². The van der Waals surface area contributed by atoms with E-state index in [9.17, 15) is 13.4 Å². The number of hydrogen-bond donors (Lipinski definition) is 1. The van der Waals surface area contributed by atoms with Crippen LogP contribution in [-0.4, -0.2) is 16.7 Å². The van der Waals surface area contributed by atoms with E-state index in [1.54, 1.807) is 6.07 Å². The van der Waals surface area contributed by atoms with Crippen molar-refractivity contribution in [1.82, 2.24) is 4.72 Å². The van der Waals surface area contributed by atoms with Gasteiger partial charge in [0.25, 0.3) is 5.91 Å². The van der Waals surface area contributed by atoms with Crippen molar-refractivity contribution in [2.75, 3.05) is 6.61 Å². The second kappa shape index (κ2) is 8.28. The number of nitrogens with one attached hydrogen (secondary N) is 1. The molecule has 0 bridgehead atoms. The van der Waals surface area contributed by atoms with Gasteiger partial charge < -0.3 is 9.15 Å². The summed E-state index contributed by atoms with van der Waals surface area (Å²) >= 11 is 0. The second-order valence-corrected chi connectivity index (χ2v) is 11.3. The summed E-state index contributed by atoms with van der Waals surface area (Å²) in [4.78, 5) is 13.3. The van der Waals surface area contributed by atoms with Crippen LogP contribution in [0.4, 0.5) is 4.39 Å². The van der Waals surface area contributed by atoms with Crippen LogP contribution < -0.4 is 9.46 Å². The van der Waals surface area contributed by atoms with Crippen LogP contribution in [-0.2, 0) is 16.4 Å². The number of carbonyl (C=O) groups excluding carboxylic acids is 1. The molecule has 7 heteroatoms. The van der Waals surface area contributed by atoms with Gasteiger partial charge in [-0.25, -0.2) is 8.60 Å². The van der Waals surface area contributed by atoms with E-state index in [-0.39, 0.29) is 16.6 Å². The summed E-state index contributed by atoms with van der Waals surface area (Å²) < 4.78 is 41.8. The fourth-order valence-corrected chi connectivity index (χ4v) is 4.72. The van der Waals surface area contributed by atoms with Gasteiger partial charge in [-0.3, -0.25) is 9.52 Å². The predicted octanol–water partition coefficient (Wildman–Crippen LogP) is 5.99. The Bertz CT molecular complexity index is 1250. The number of halogens is 1. The van der Waals surface area contributed by atoms with Gasteiger partial charge in [0.15, 0.2) is 16.7 Å². The van der Waals surface area contributed by atoms with Crippen molar-refractivity contribution in [3.05, 3.63) is 59.1 Å². The Labute approximate surface area is 195 Å². The van der Waals surface area contributed by atoms with Crippen LogP contribution in [0.2, 0.25) is 0 Å². The summed E-state index contributed by atoms with van der Waals surface area (Å²) in [7, 11) is -1.87. The topological polar surface area (TPSA) is 68.5 Å². The maximum atomic E-state index is 14.5. The fourth-order valence-electron chi connectivity index (χ4n) is 3.80. The lowest BCUT2D eigenvalue weighted by Gasteiger charge is -2.21. The van der Waals surface area contributed by atoms with E-state index in [4.69, 9.17) is 9.15 Å². The monoisotopic (exact) mass is 469 g/mol. The van der Waals surface area contributed by atoms with Gasteiger partial charge >= 0.3 is 0 Å². The number of ether oxygens (including phenoxy) is 1. The van der Waals surface area contributed by atoms with Gasteiger partial charge in [-0.05, 0) is 78.3 Å². The molecule has 0 radical (unpaired) electrons. The third kappa shape index (κ3) is 4.83. The summed E-state index contributed by atoms with van der Waals surface area (Å²) in [6, 6.07) is 10.3. The van der Waals surface area contributed by atoms with Crippen LogP contribution in [0.15, 0.2) is 45.7 Å². The van der Waals surface area contributed by atoms with E-state index in [1.807, 2.05) is 18.2 Å². The lowest BCUT2D eigenvalue weighted by atomic mass is 9.87. The molecule has 1 N–H and O–H groups in total. The zero-order valence-electron chi connectivity index (χ0n) is 19.1. The third-order valence-corrected chi connectivity index (χ3v) is 7.34. The molecule has 0 saturated heterocycles. The van der Waals surface area contributed by atoms with Crippen molar-refractivity contribution >= 4 is 27.9 Å². The Morgan fingerprint density at radius 1 is 1.15 bits per heavy atom. The third-order valence-electron chi connectivity index (χ3n) is 6.25. The van der Waals surface area contributed by atoms with Crippen molar-refractivity contribution < 1.29 is 22.5 Å². The lowest BCUT2D eigenvalue weighted by molar-refractivity contribution is 0.0958. The molecular formula is C26H28FNO4S. The summed E-state index contributed by atoms with van der Waals surface area (Å²) in [5.41, 5.74) is 2.04. The number of carbonyl (C=O) groups is 1. The first kappa shape index (κ1) is 22.1. The molecule has 2 aliphatic rings. The minimum absolute atomic E-state index is 0.0716. The molecule has 5 rings (SSSR count). The smallest absolute Gasteiger partial charge is 0.298 e. The highest BCUT2D eigenvalue weighted by atomic mass is 32.2. The van der Waals surface area contributed by atoms with Crippen LogP contribution in [0.3, 0.4) is 0 Å². The number of rotatable bonds is 7. The Kier molecular flexibility index (Phi) is 5.55. The molecule has 1 unspecified atom stereocenters. The average Bonchev–Trinajstić information content (AvgIpc) is 3.69. The van der Waals surface area contributed by atoms with Gasteiger partial charge in [0, 0.05) is 6.07 Å². The molecule has 1 heterocycles. The summed E-state index contributed by atoms with van der Waals surface area (Å²) in [6.45, 7) is 6.77. The molecule has 3 aromatic rings. The summed E-state index contributed by atoms with van der Waals surface area (Å²) in [6.07, 6.45) is 4.36.